The van der Waals surface area contributed by atoms with Crippen molar-refractivity contribution in [2.75, 3.05) is 6.61 Å². The largest absolute Gasteiger partial charge is 0.488 e. The minimum absolute atomic E-state index is 0.143. The molecule has 1 aliphatic rings. The minimum Gasteiger partial charge on any atom is -0.488 e. The van der Waals surface area contributed by atoms with Crippen molar-refractivity contribution in [3.8, 4) is 5.75 Å². The number of rotatable bonds is 4. The number of ether oxygens (including phenoxy) is 2. The predicted molar refractivity (Wildman–Crippen MR) is 65.5 cm³/mol. The van der Waals surface area contributed by atoms with Gasteiger partial charge in [0.05, 0.1) is 10.9 Å². The Morgan fingerprint density at radius 3 is 2.68 bits per heavy atom. The van der Waals surface area contributed by atoms with Crippen LogP contribution in [0.15, 0.2) is 24.3 Å². The predicted octanol–water partition coefficient (Wildman–Crippen LogP) is 3.87. The molecule has 0 spiro atoms. The van der Waals surface area contributed by atoms with Crippen LogP contribution in [0.4, 0.5) is 13.2 Å². The highest BCUT2D eigenvalue weighted by atomic mass is 35.5. The molecule has 0 saturated heterocycles. The van der Waals surface area contributed by atoms with Crippen molar-refractivity contribution in [3.05, 3.63) is 29.8 Å². The average molecular weight is 295 g/mol. The van der Waals surface area contributed by atoms with E-state index >= 15 is 0 Å². The van der Waals surface area contributed by atoms with Crippen molar-refractivity contribution in [2.24, 2.45) is 0 Å². The molecular formula is C13H14ClF3O2. The van der Waals surface area contributed by atoms with Crippen LogP contribution in [-0.4, -0.2) is 24.2 Å². The van der Waals surface area contributed by atoms with Crippen molar-refractivity contribution in [3.63, 3.8) is 0 Å². The molecule has 2 rings (SSSR count). The fourth-order valence-electron chi connectivity index (χ4n) is 1.97. The van der Waals surface area contributed by atoms with E-state index in [4.69, 9.17) is 21.1 Å². The summed E-state index contributed by atoms with van der Waals surface area (Å²) in [6.45, 7) is 2.33. The molecular weight excluding hydrogens is 281 g/mol. The highest BCUT2D eigenvalue weighted by Gasteiger charge is 2.42. The number of hydrogen-bond donors (Lipinski definition) is 0. The molecule has 1 saturated carbocycles. The van der Waals surface area contributed by atoms with E-state index in [0.29, 0.717) is 13.0 Å². The molecule has 1 aromatic rings. The topological polar surface area (TPSA) is 18.5 Å². The van der Waals surface area contributed by atoms with Crippen LogP contribution in [0.25, 0.3) is 0 Å². The first-order valence-corrected chi connectivity index (χ1v) is 6.45. The van der Waals surface area contributed by atoms with Gasteiger partial charge < -0.3 is 9.47 Å². The molecule has 1 aromatic carbocycles. The lowest BCUT2D eigenvalue weighted by Crippen LogP contribution is -2.52. The van der Waals surface area contributed by atoms with E-state index in [1.807, 2.05) is 6.92 Å². The first-order valence-electron chi connectivity index (χ1n) is 6.01. The molecule has 0 aliphatic heterocycles. The molecule has 3 unspecified atom stereocenters. The molecule has 0 N–H and O–H groups in total. The van der Waals surface area contributed by atoms with E-state index in [1.165, 1.54) is 12.1 Å². The quantitative estimate of drug-likeness (QED) is 0.785. The molecule has 0 radical (unpaired) electrons. The van der Waals surface area contributed by atoms with E-state index in [1.54, 1.807) is 0 Å². The van der Waals surface area contributed by atoms with Crippen LogP contribution < -0.4 is 4.74 Å². The smallest absolute Gasteiger partial charge is 0.416 e. The Hall–Kier alpha value is -0.940. The van der Waals surface area contributed by atoms with Gasteiger partial charge in [0.2, 0.25) is 0 Å². The van der Waals surface area contributed by atoms with Gasteiger partial charge in [0.15, 0.2) is 0 Å². The van der Waals surface area contributed by atoms with Gasteiger partial charge in [-0.2, -0.15) is 13.2 Å². The molecule has 106 valence electrons. The lowest BCUT2D eigenvalue weighted by Gasteiger charge is -2.40. The maximum absolute atomic E-state index is 12.6. The summed E-state index contributed by atoms with van der Waals surface area (Å²) >= 11 is 5.97. The van der Waals surface area contributed by atoms with Gasteiger partial charge >= 0.3 is 6.18 Å². The van der Waals surface area contributed by atoms with Gasteiger partial charge in [0.25, 0.3) is 0 Å². The van der Waals surface area contributed by atoms with E-state index in [2.05, 4.69) is 0 Å². The van der Waals surface area contributed by atoms with Gasteiger partial charge in [-0.1, -0.05) is 6.07 Å². The first kappa shape index (κ1) is 14.5. The van der Waals surface area contributed by atoms with Crippen molar-refractivity contribution in [1.29, 1.82) is 0 Å². The summed E-state index contributed by atoms with van der Waals surface area (Å²) in [6, 6.07) is 4.83. The third-order valence-corrected chi connectivity index (χ3v) is 3.41. The zero-order valence-corrected chi connectivity index (χ0v) is 11.0. The van der Waals surface area contributed by atoms with Gasteiger partial charge in [0, 0.05) is 13.0 Å². The molecule has 19 heavy (non-hydrogen) atoms. The monoisotopic (exact) mass is 294 g/mol. The van der Waals surface area contributed by atoms with Gasteiger partial charge in [-0.15, -0.1) is 11.6 Å². The second-order valence-electron chi connectivity index (χ2n) is 4.35. The van der Waals surface area contributed by atoms with Gasteiger partial charge in [-0.25, -0.2) is 0 Å². The number of hydrogen-bond acceptors (Lipinski definition) is 2. The highest BCUT2D eigenvalue weighted by molar-refractivity contribution is 6.21. The van der Waals surface area contributed by atoms with Crippen molar-refractivity contribution < 1.29 is 22.6 Å². The number of halogens is 4. The van der Waals surface area contributed by atoms with Crippen LogP contribution in [0.1, 0.15) is 18.9 Å². The summed E-state index contributed by atoms with van der Waals surface area (Å²) in [5.41, 5.74) is -0.722. The van der Waals surface area contributed by atoms with Crippen LogP contribution in [0.3, 0.4) is 0 Å². The van der Waals surface area contributed by atoms with Crippen LogP contribution in [0.2, 0.25) is 0 Å². The molecule has 0 aromatic heterocycles. The molecule has 3 atom stereocenters. The van der Waals surface area contributed by atoms with E-state index in [9.17, 15) is 13.2 Å². The Morgan fingerprint density at radius 2 is 2.11 bits per heavy atom. The SMILES string of the molecule is CCOC1C(Cl)CC1Oc1cccc(C(F)(F)F)c1. The standard InChI is InChI=1S/C13H14ClF3O2/c1-2-18-12-10(14)7-11(12)19-9-5-3-4-8(6-9)13(15,16)17/h3-6,10-12H,2,7H2,1H3. The maximum Gasteiger partial charge on any atom is 0.416 e. The molecule has 1 aliphatic carbocycles. The number of alkyl halides is 4. The molecule has 2 nitrogen and oxygen atoms in total. The zero-order chi connectivity index (χ0) is 14.0. The normalized spacial score (nSPS) is 26.9. The Kier molecular flexibility index (Phi) is 4.26. The molecule has 0 amide bonds. The molecule has 0 bridgehead atoms. The van der Waals surface area contributed by atoms with Crippen molar-refractivity contribution in [2.45, 2.75) is 37.1 Å². The van der Waals surface area contributed by atoms with Crippen molar-refractivity contribution in [1.82, 2.24) is 0 Å². The van der Waals surface area contributed by atoms with E-state index < -0.39 is 11.7 Å². The summed E-state index contributed by atoms with van der Waals surface area (Å²) in [6.07, 6.45) is -4.34. The second kappa shape index (κ2) is 5.59. The maximum atomic E-state index is 12.6. The van der Waals surface area contributed by atoms with Crippen LogP contribution in [0.5, 0.6) is 5.75 Å². The summed E-state index contributed by atoms with van der Waals surface area (Å²) in [5, 5.41) is -0.143. The summed E-state index contributed by atoms with van der Waals surface area (Å²) in [7, 11) is 0. The molecule has 6 heteroatoms. The first-order chi connectivity index (χ1) is 8.91. The minimum atomic E-state index is -4.37. The lowest BCUT2D eigenvalue weighted by atomic mass is 9.91. The van der Waals surface area contributed by atoms with E-state index in [-0.39, 0.29) is 23.3 Å². The Morgan fingerprint density at radius 1 is 1.37 bits per heavy atom. The van der Waals surface area contributed by atoms with Gasteiger partial charge in [-0.05, 0) is 25.1 Å². The van der Waals surface area contributed by atoms with E-state index in [0.717, 1.165) is 12.1 Å². The molecule has 1 fully saturated rings. The molecule has 0 heterocycles. The third-order valence-electron chi connectivity index (χ3n) is 2.99. The van der Waals surface area contributed by atoms with Crippen LogP contribution in [-0.2, 0) is 10.9 Å². The summed E-state index contributed by atoms with van der Waals surface area (Å²) in [5.74, 6) is 0.188. The van der Waals surface area contributed by atoms with Gasteiger partial charge in [-0.3, -0.25) is 0 Å². The second-order valence-corrected chi connectivity index (χ2v) is 4.91. The fraction of sp³-hybridized carbons (Fsp3) is 0.538. The Bertz CT molecular complexity index is 436. The summed E-state index contributed by atoms with van der Waals surface area (Å²) < 4.78 is 48.6. The van der Waals surface area contributed by atoms with Gasteiger partial charge in [0.1, 0.15) is 18.0 Å². The Labute approximate surface area is 114 Å². The zero-order valence-electron chi connectivity index (χ0n) is 10.3. The lowest BCUT2D eigenvalue weighted by molar-refractivity contribution is -0.137. The average Bonchev–Trinajstić information content (AvgIpc) is 2.35. The van der Waals surface area contributed by atoms with Crippen LogP contribution in [0, 0.1) is 0 Å². The Balaban J connectivity index is 2.04. The third kappa shape index (κ3) is 3.34. The highest BCUT2D eigenvalue weighted by Crippen LogP contribution is 2.35. The fourth-order valence-corrected chi connectivity index (χ4v) is 2.38. The van der Waals surface area contributed by atoms with Crippen LogP contribution >= 0.6 is 11.6 Å². The number of benzene rings is 1. The van der Waals surface area contributed by atoms with Crippen molar-refractivity contribution >= 4 is 11.6 Å². The summed E-state index contributed by atoms with van der Waals surface area (Å²) in [4.78, 5) is 0.